The predicted octanol–water partition coefficient (Wildman–Crippen LogP) is 2.86. The van der Waals surface area contributed by atoms with Gasteiger partial charge in [0.15, 0.2) is 0 Å². The minimum Gasteiger partial charge on any atom is -0.339 e. The van der Waals surface area contributed by atoms with E-state index in [-0.39, 0.29) is 5.91 Å². The van der Waals surface area contributed by atoms with Crippen LogP contribution >= 0.6 is 15.9 Å². The Labute approximate surface area is 104 Å². The molecule has 1 amide bonds. The van der Waals surface area contributed by atoms with Crippen LogP contribution in [-0.2, 0) is 0 Å². The van der Waals surface area contributed by atoms with Crippen molar-refractivity contribution >= 4 is 21.8 Å². The van der Waals surface area contributed by atoms with Crippen molar-refractivity contribution in [1.82, 2.24) is 9.88 Å². The number of carbonyl (C=O) groups is 1. The molecular weight excluding hydrogens is 268 g/mol. The SMILES string of the molecule is O=C(c1cccnc1Br)N1CCCCCC1. The van der Waals surface area contributed by atoms with Gasteiger partial charge < -0.3 is 4.90 Å². The lowest BCUT2D eigenvalue weighted by Gasteiger charge is -2.20. The monoisotopic (exact) mass is 282 g/mol. The van der Waals surface area contributed by atoms with Crippen molar-refractivity contribution in [2.24, 2.45) is 0 Å². The van der Waals surface area contributed by atoms with E-state index in [1.807, 2.05) is 11.0 Å². The second-order valence-corrected chi connectivity index (χ2v) is 4.80. The van der Waals surface area contributed by atoms with Crippen LogP contribution in [0.2, 0.25) is 0 Å². The highest BCUT2D eigenvalue weighted by molar-refractivity contribution is 9.10. The lowest BCUT2D eigenvalue weighted by Crippen LogP contribution is -2.32. The number of carbonyl (C=O) groups excluding carboxylic acids is 1. The summed E-state index contributed by atoms with van der Waals surface area (Å²) in [6.45, 7) is 1.75. The minimum absolute atomic E-state index is 0.0990. The normalized spacial score (nSPS) is 16.9. The Bertz CT molecular complexity index is 373. The molecule has 1 fully saturated rings. The molecule has 3 nitrogen and oxygen atoms in total. The Morgan fingerprint density at radius 3 is 2.56 bits per heavy atom. The van der Waals surface area contributed by atoms with Crippen molar-refractivity contribution in [3.8, 4) is 0 Å². The summed E-state index contributed by atoms with van der Waals surface area (Å²) >= 11 is 3.32. The van der Waals surface area contributed by atoms with E-state index in [2.05, 4.69) is 20.9 Å². The number of nitrogens with zero attached hydrogens (tertiary/aromatic N) is 2. The third-order valence-electron chi connectivity index (χ3n) is 2.88. The van der Waals surface area contributed by atoms with Gasteiger partial charge >= 0.3 is 0 Å². The quantitative estimate of drug-likeness (QED) is 0.742. The summed E-state index contributed by atoms with van der Waals surface area (Å²) in [6, 6.07) is 3.63. The van der Waals surface area contributed by atoms with E-state index in [0.717, 1.165) is 25.9 Å². The largest absolute Gasteiger partial charge is 0.339 e. The molecule has 0 spiro atoms. The van der Waals surface area contributed by atoms with Crippen molar-refractivity contribution in [3.63, 3.8) is 0 Å². The van der Waals surface area contributed by atoms with Gasteiger partial charge in [-0.05, 0) is 40.9 Å². The Balaban J connectivity index is 2.14. The molecule has 86 valence electrons. The molecule has 4 heteroatoms. The third kappa shape index (κ3) is 2.61. The standard InChI is InChI=1S/C12H15BrN2O/c13-11-10(6-5-7-14-11)12(16)15-8-3-1-2-4-9-15/h5-7H,1-4,8-9H2. The molecule has 1 aromatic rings. The summed E-state index contributed by atoms with van der Waals surface area (Å²) in [6.07, 6.45) is 6.38. The summed E-state index contributed by atoms with van der Waals surface area (Å²) in [4.78, 5) is 18.3. The summed E-state index contributed by atoms with van der Waals surface area (Å²) in [5.41, 5.74) is 0.671. The van der Waals surface area contributed by atoms with Crippen LogP contribution in [0, 0.1) is 0 Å². The Kier molecular flexibility index (Phi) is 3.93. The number of likely N-dealkylation sites (tertiary alicyclic amines) is 1. The summed E-state index contributed by atoms with van der Waals surface area (Å²) in [7, 11) is 0. The average molecular weight is 283 g/mol. The van der Waals surface area contributed by atoms with Crippen molar-refractivity contribution in [3.05, 3.63) is 28.5 Å². The zero-order valence-electron chi connectivity index (χ0n) is 9.16. The second-order valence-electron chi connectivity index (χ2n) is 4.05. The summed E-state index contributed by atoms with van der Waals surface area (Å²) in [5.74, 6) is 0.0990. The fourth-order valence-corrected chi connectivity index (χ4v) is 2.41. The fourth-order valence-electron chi connectivity index (χ4n) is 1.99. The fraction of sp³-hybridized carbons (Fsp3) is 0.500. The van der Waals surface area contributed by atoms with E-state index in [0.29, 0.717) is 10.2 Å². The molecule has 0 radical (unpaired) electrons. The molecule has 0 N–H and O–H groups in total. The van der Waals surface area contributed by atoms with E-state index < -0.39 is 0 Å². The first-order chi connectivity index (χ1) is 7.79. The van der Waals surface area contributed by atoms with Crippen LogP contribution in [0.15, 0.2) is 22.9 Å². The van der Waals surface area contributed by atoms with E-state index >= 15 is 0 Å². The van der Waals surface area contributed by atoms with Gasteiger partial charge in [0, 0.05) is 19.3 Å². The van der Waals surface area contributed by atoms with Gasteiger partial charge in [0.1, 0.15) is 4.60 Å². The molecule has 0 saturated carbocycles. The Hall–Kier alpha value is -0.900. The maximum atomic E-state index is 12.2. The van der Waals surface area contributed by atoms with Gasteiger partial charge in [-0.2, -0.15) is 0 Å². The topological polar surface area (TPSA) is 33.2 Å². The van der Waals surface area contributed by atoms with E-state index in [9.17, 15) is 4.79 Å². The molecule has 0 aliphatic carbocycles. The second kappa shape index (κ2) is 5.43. The lowest BCUT2D eigenvalue weighted by atomic mass is 10.2. The minimum atomic E-state index is 0.0990. The van der Waals surface area contributed by atoms with Crippen LogP contribution < -0.4 is 0 Å². The molecule has 1 aliphatic heterocycles. The first-order valence-electron chi connectivity index (χ1n) is 5.69. The van der Waals surface area contributed by atoms with E-state index in [4.69, 9.17) is 0 Å². The molecule has 1 aromatic heterocycles. The predicted molar refractivity (Wildman–Crippen MR) is 66.3 cm³/mol. The van der Waals surface area contributed by atoms with Crippen LogP contribution in [-0.4, -0.2) is 28.9 Å². The van der Waals surface area contributed by atoms with Crippen LogP contribution in [0.3, 0.4) is 0 Å². The van der Waals surface area contributed by atoms with Crippen LogP contribution in [0.4, 0.5) is 0 Å². The number of hydrogen-bond acceptors (Lipinski definition) is 2. The maximum Gasteiger partial charge on any atom is 0.256 e. The van der Waals surface area contributed by atoms with Gasteiger partial charge in [-0.1, -0.05) is 12.8 Å². The number of aromatic nitrogens is 1. The first kappa shape index (κ1) is 11.6. The Morgan fingerprint density at radius 2 is 1.94 bits per heavy atom. The highest BCUT2D eigenvalue weighted by atomic mass is 79.9. The first-order valence-corrected chi connectivity index (χ1v) is 6.48. The Morgan fingerprint density at radius 1 is 1.25 bits per heavy atom. The molecule has 16 heavy (non-hydrogen) atoms. The molecule has 1 aliphatic rings. The van der Waals surface area contributed by atoms with Crippen LogP contribution in [0.25, 0.3) is 0 Å². The zero-order chi connectivity index (χ0) is 11.4. The number of pyridine rings is 1. The number of hydrogen-bond donors (Lipinski definition) is 0. The number of amides is 1. The maximum absolute atomic E-state index is 12.2. The van der Waals surface area contributed by atoms with Crippen molar-refractivity contribution < 1.29 is 4.79 Å². The molecule has 2 rings (SSSR count). The van der Waals surface area contributed by atoms with Crippen LogP contribution in [0.5, 0.6) is 0 Å². The number of halogens is 1. The van der Waals surface area contributed by atoms with Gasteiger partial charge in [0.2, 0.25) is 0 Å². The molecule has 1 saturated heterocycles. The van der Waals surface area contributed by atoms with Gasteiger partial charge in [0.05, 0.1) is 5.56 Å². The molecule has 2 heterocycles. The van der Waals surface area contributed by atoms with Gasteiger partial charge in [-0.15, -0.1) is 0 Å². The van der Waals surface area contributed by atoms with Crippen molar-refractivity contribution in [2.75, 3.05) is 13.1 Å². The summed E-state index contributed by atoms with van der Waals surface area (Å²) < 4.78 is 0.643. The molecule has 0 unspecified atom stereocenters. The van der Waals surface area contributed by atoms with Gasteiger partial charge in [0.25, 0.3) is 5.91 Å². The highest BCUT2D eigenvalue weighted by Crippen LogP contribution is 2.18. The molecule has 0 aromatic carbocycles. The summed E-state index contributed by atoms with van der Waals surface area (Å²) in [5, 5.41) is 0. The smallest absolute Gasteiger partial charge is 0.256 e. The van der Waals surface area contributed by atoms with Crippen LogP contribution in [0.1, 0.15) is 36.0 Å². The van der Waals surface area contributed by atoms with E-state index in [1.165, 1.54) is 12.8 Å². The molecular formula is C12H15BrN2O. The van der Waals surface area contributed by atoms with Crippen molar-refractivity contribution in [1.29, 1.82) is 0 Å². The van der Waals surface area contributed by atoms with Gasteiger partial charge in [-0.3, -0.25) is 4.79 Å². The van der Waals surface area contributed by atoms with E-state index in [1.54, 1.807) is 12.3 Å². The molecule has 0 atom stereocenters. The van der Waals surface area contributed by atoms with Crippen molar-refractivity contribution in [2.45, 2.75) is 25.7 Å². The average Bonchev–Trinajstić information content (AvgIpc) is 2.57. The zero-order valence-corrected chi connectivity index (χ0v) is 10.7. The van der Waals surface area contributed by atoms with Gasteiger partial charge in [-0.25, -0.2) is 4.98 Å². The lowest BCUT2D eigenvalue weighted by molar-refractivity contribution is 0.0760. The number of rotatable bonds is 1. The third-order valence-corrected chi connectivity index (χ3v) is 3.51. The highest BCUT2D eigenvalue weighted by Gasteiger charge is 2.19. The molecule has 0 bridgehead atoms.